The molecule has 0 aliphatic carbocycles. The van der Waals surface area contributed by atoms with Gasteiger partial charge in [-0.05, 0) is 38.9 Å². The van der Waals surface area contributed by atoms with Gasteiger partial charge in [0.15, 0.2) is 0 Å². The summed E-state index contributed by atoms with van der Waals surface area (Å²) in [6.07, 6.45) is 4.04. The summed E-state index contributed by atoms with van der Waals surface area (Å²) in [6, 6.07) is 9.11. The molecule has 2 aliphatic heterocycles. The zero-order valence-corrected chi connectivity index (χ0v) is 14.5. The Kier molecular flexibility index (Phi) is 6.31. The van der Waals surface area contributed by atoms with Crippen molar-refractivity contribution < 1.29 is 4.74 Å². The van der Waals surface area contributed by atoms with Gasteiger partial charge in [-0.1, -0.05) is 24.6 Å². The summed E-state index contributed by atoms with van der Waals surface area (Å²) in [5.41, 5.74) is 1.37. The Hall–Kier alpha value is -1.10. The first-order chi connectivity index (χ1) is 11.4. The van der Waals surface area contributed by atoms with Gasteiger partial charge < -0.3 is 10.1 Å². The second-order valence-corrected chi connectivity index (χ2v) is 6.63. The second kappa shape index (κ2) is 8.67. The topological polar surface area (TPSA) is 27.7 Å². The van der Waals surface area contributed by atoms with Gasteiger partial charge in [0.25, 0.3) is 0 Å². The molecule has 0 saturated carbocycles. The molecular formula is C19H31N3O. The van der Waals surface area contributed by atoms with Crippen molar-refractivity contribution in [1.82, 2.24) is 15.1 Å². The van der Waals surface area contributed by atoms with E-state index >= 15 is 0 Å². The van der Waals surface area contributed by atoms with Gasteiger partial charge in [-0.3, -0.25) is 9.80 Å². The number of likely N-dealkylation sites (tertiary alicyclic amines) is 1. The number of hydrogen-bond acceptors (Lipinski definition) is 4. The van der Waals surface area contributed by atoms with Gasteiger partial charge in [-0.25, -0.2) is 0 Å². The third-order valence-electron chi connectivity index (χ3n) is 5.05. The lowest BCUT2D eigenvalue weighted by Gasteiger charge is -2.39. The molecule has 1 aromatic carbocycles. The van der Waals surface area contributed by atoms with E-state index in [1.807, 2.05) is 0 Å². The first-order valence-corrected chi connectivity index (χ1v) is 9.27. The number of para-hydroxylation sites is 1. The number of benzene rings is 1. The summed E-state index contributed by atoms with van der Waals surface area (Å²) in [5, 5.41) is 3.46. The average molecular weight is 317 g/mol. The van der Waals surface area contributed by atoms with Crippen molar-refractivity contribution in [3.63, 3.8) is 0 Å². The summed E-state index contributed by atoms with van der Waals surface area (Å²) >= 11 is 0. The van der Waals surface area contributed by atoms with Crippen LogP contribution in [-0.4, -0.2) is 62.2 Å². The predicted molar refractivity (Wildman–Crippen MR) is 95.1 cm³/mol. The molecule has 1 aromatic rings. The maximum atomic E-state index is 5.94. The van der Waals surface area contributed by atoms with Gasteiger partial charge in [0.05, 0.1) is 12.6 Å². The van der Waals surface area contributed by atoms with E-state index in [1.165, 1.54) is 37.9 Å². The van der Waals surface area contributed by atoms with E-state index in [0.29, 0.717) is 6.04 Å². The minimum absolute atomic E-state index is 0.455. The van der Waals surface area contributed by atoms with Gasteiger partial charge in [0.2, 0.25) is 0 Å². The molecule has 0 spiro atoms. The van der Waals surface area contributed by atoms with E-state index < -0.39 is 0 Å². The molecule has 2 fully saturated rings. The third kappa shape index (κ3) is 4.46. The molecule has 1 atom stereocenters. The van der Waals surface area contributed by atoms with E-state index in [2.05, 4.69) is 46.3 Å². The summed E-state index contributed by atoms with van der Waals surface area (Å²) in [6.45, 7) is 10.9. The fourth-order valence-electron chi connectivity index (χ4n) is 3.82. The number of nitrogens with zero attached hydrogens (tertiary/aromatic N) is 2. The lowest BCUT2D eigenvalue weighted by Crippen LogP contribution is -2.48. The normalized spacial score (nSPS) is 22.0. The molecule has 0 bridgehead atoms. The van der Waals surface area contributed by atoms with Crippen LogP contribution < -0.4 is 10.1 Å². The Balaban J connectivity index is 1.81. The van der Waals surface area contributed by atoms with Crippen molar-refractivity contribution in [2.75, 3.05) is 52.4 Å². The summed E-state index contributed by atoms with van der Waals surface area (Å²) in [4.78, 5) is 5.29. The van der Waals surface area contributed by atoms with Crippen molar-refractivity contribution in [3.8, 4) is 5.75 Å². The van der Waals surface area contributed by atoms with E-state index in [4.69, 9.17) is 4.74 Å². The number of piperidine rings is 1. The van der Waals surface area contributed by atoms with Crippen molar-refractivity contribution in [2.24, 2.45) is 0 Å². The van der Waals surface area contributed by atoms with E-state index in [1.54, 1.807) is 0 Å². The highest BCUT2D eigenvalue weighted by Gasteiger charge is 2.27. The van der Waals surface area contributed by atoms with Crippen LogP contribution in [0.25, 0.3) is 0 Å². The van der Waals surface area contributed by atoms with Crippen LogP contribution in [0, 0.1) is 0 Å². The molecule has 2 heterocycles. The number of ether oxygens (including phenoxy) is 1. The number of rotatable bonds is 6. The van der Waals surface area contributed by atoms with Gasteiger partial charge in [-0.2, -0.15) is 0 Å². The van der Waals surface area contributed by atoms with Crippen LogP contribution >= 0.6 is 0 Å². The SMILES string of the molecule is CCOc1ccccc1C(CN1CCNCC1)N1CCCCC1. The first kappa shape index (κ1) is 16.7. The average Bonchev–Trinajstić information content (AvgIpc) is 2.62. The van der Waals surface area contributed by atoms with Crippen LogP contribution in [0.1, 0.15) is 37.8 Å². The summed E-state index contributed by atoms with van der Waals surface area (Å²) in [5.74, 6) is 1.07. The first-order valence-electron chi connectivity index (χ1n) is 9.27. The number of hydrogen-bond donors (Lipinski definition) is 1. The molecule has 0 aromatic heterocycles. The Labute approximate surface area is 140 Å². The molecule has 23 heavy (non-hydrogen) atoms. The van der Waals surface area contributed by atoms with Gasteiger partial charge in [0.1, 0.15) is 5.75 Å². The van der Waals surface area contributed by atoms with Crippen molar-refractivity contribution in [1.29, 1.82) is 0 Å². The molecule has 1 N–H and O–H groups in total. The van der Waals surface area contributed by atoms with E-state index in [-0.39, 0.29) is 0 Å². The Morgan fingerprint density at radius 2 is 1.78 bits per heavy atom. The molecule has 0 radical (unpaired) electrons. The summed E-state index contributed by atoms with van der Waals surface area (Å²) in [7, 11) is 0. The lowest BCUT2D eigenvalue weighted by atomic mass is 10.00. The lowest BCUT2D eigenvalue weighted by molar-refractivity contribution is 0.109. The largest absolute Gasteiger partial charge is 0.494 e. The highest BCUT2D eigenvalue weighted by molar-refractivity contribution is 5.36. The standard InChI is InChI=1S/C19H31N3O/c1-2-23-19-9-5-4-8-17(19)18(22-12-6-3-7-13-22)16-21-14-10-20-11-15-21/h4-5,8-9,18,20H,2-3,6-7,10-16H2,1H3. The third-order valence-corrected chi connectivity index (χ3v) is 5.05. The van der Waals surface area contributed by atoms with E-state index in [0.717, 1.165) is 45.1 Å². The van der Waals surface area contributed by atoms with Gasteiger partial charge in [0, 0.05) is 38.3 Å². The summed E-state index contributed by atoms with van der Waals surface area (Å²) < 4.78 is 5.94. The zero-order chi connectivity index (χ0) is 15.9. The maximum Gasteiger partial charge on any atom is 0.124 e. The van der Waals surface area contributed by atoms with Crippen LogP contribution in [0.3, 0.4) is 0 Å². The number of piperazine rings is 1. The van der Waals surface area contributed by atoms with Crippen LogP contribution in [0.5, 0.6) is 5.75 Å². The fraction of sp³-hybridized carbons (Fsp3) is 0.684. The maximum absolute atomic E-state index is 5.94. The molecule has 3 rings (SSSR count). The van der Waals surface area contributed by atoms with Crippen LogP contribution in [-0.2, 0) is 0 Å². The van der Waals surface area contributed by atoms with Crippen molar-refractivity contribution in [2.45, 2.75) is 32.2 Å². The highest BCUT2D eigenvalue weighted by Crippen LogP contribution is 2.32. The quantitative estimate of drug-likeness (QED) is 0.872. The van der Waals surface area contributed by atoms with Gasteiger partial charge in [-0.15, -0.1) is 0 Å². The monoisotopic (exact) mass is 317 g/mol. The van der Waals surface area contributed by atoms with Gasteiger partial charge >= 0.3 is 0 Å². The van der Waals surface area contributed by atoms with Crippen LogP contribution in [0.4, 0.5) is 0 Å². The Bertz CT molecular complexity index is 467. The Morgan fingerprint density at radius 3 is 2.52 bits per heavy atom. The molecule has 128 valence electrons. The minimum Gasteiger partial charge on any atom is -0.494 e. The fourth-order valence-corrected chi connectivity index (χ4v) is 3.82. The smallest absolute Gasteiger partial charge is 0.124 e. The van der Waals surface area contributed by atoms with Crippen LogP contribution in [0.2, 0.25) is 0 Å². The molecule has 4 heteroatoms. The number of nitrogens with one attached hydrogen (secondary N) is 1. The zero-order valence-electron chi connectivity index (χ0n) is 14.5. The van der Waals surface area contributed by atoms with E-state index in [9.17, 15) is 0 Å². The molecular weight excluding hydrogens is 286 g/mol. The van der Waals surface area contributed by atoms with Crippen molar-refractivity contribution >= 4 is 0 Å². The molecule has 4 nitrogen and oxygen atoms in total. The minimum atomic E-state index is 0.455. The highest BCUT2D eigenvalue weighted by atomic mass is 16.5. The molecule has 2 saturated heterocycles. The predicted octanol–water partition coefficient (Wildman–Crippen LogP) is 2.52. The Morgan fingerprint density at radius 1 is 1.04 bits per heavy atom. The van der Waals surface area contributed by atoms with Crippen LogP contribution in [0.15, 0.2) is 24.3 Å². The molecule has 1 unspecified atom stereocenters. The molecule has 2 aliphatic rings. The molecule has 0 amide bonds. The second-order valence-electron chi connectivity index (χ2n) is 6.63. The van der Waals surface area contributed by atoms with Crippen molar-refractivity contribution in [3.05, 3.63) is 29.8 Å².